The number of likely N-dealkylation sites (tertiary alicyclic amines) is 1. The van der Waals surface area contributed by atoms with Crippen molar-refractivity contribution in [3.05, 3.63) is 34.3 Å². The monoisotopic (exact) mass is 407 g/mol. The summed E-state index contributed by atoms with van der Waals surface area (Å²) in [6.45, 7) is 4.94. The Labute approximate surface area is 155 Å². The second kappa shape index (κ2) is 6.78. The molecular weight excluding hydrogens is 386 g/mol. The molecule has 2 saturated heterocycles. The third-order valence-corrected chi connectivity index (χ3v) is 5.68. The Hall–Kier alpha value is -1.89. The smallest absolute Gasteiger partial charge is 0.325 e. The molecule has 2 aliphatic heterocycles. The van der Waals surface area contributed by atoms with Crippen LogP contribution in [0.15, 0.2) is 28.7 Å². The maximum absolute atomic E-state index is 12.9. The summed E-state index contributed by atoms with van der Waals surface area (Å²) in [6.07, 6.45) is 2.06. The van der Waals surface area contributed by atoms with E-state index in [1.807, 2.05) is 18.2 Å². The third-order valence-electron chi connectivity index (χ3n) is 4.99. The number of halogens is 1. The molecule has 4 amide bonds. The van der Waals surface area contributed by atoms with Crippen molar-refractivity contribution < 1.29 is 14.4 Å². The van der Waals surface area contributed by atoms with Crippen molar-refractivity contribution in [2.45, 2.75) is 32.2 Å². The first-order valence-corrected chi connectivity index (χ1v) is 9.29. The van der Waals surface area contributed by atoms with Gasteiger partial charge in [-0.25, -0.2) is 4.79 Å². The highest BCUT2D eigenvalue weighted by Gasteiger charge is 2.50. The molecule has 0 saturated carbocycles. The summed E-state index contributed by atoms with van der Waals surface area (Å²) in [6, 6.07) is 6.75. The third kappa shape index (κ3) is 3.29. The van der Waals surface area contributed by atoms with Gasteiger partial charge in [-0.05, 0) is 31.7 Å². The number of carbonyl (C=O) groups is 3. The largest absolute Gasteiger partial charge is 0.341 e. The molecule has 7 heteroatoms. The van der Waals surface area contributed by atoms with Gasteiger partial charge in [-0.3, -0.25) is 14.5 Å². The van der Waals surface area contributed by atoms with Crippen molar-refractivity contribution >= 4 is 33.8 Å². The Balaban J connectivity index is 1.78. The van der Waals surface area contributed by atoms with E-state index in [1.54, 1.807) is 17.9 Å². The number of nitrogens with zero attached hydrogens (tertiary/aromatic N) is 2. The molecule has 1 N–H and O–H groups in total. The van der Waals surface area contributed by atoms with Crippen LogP contribution < -0.4 is 5.32 Å². The number of rotatable bonds is 3. The van der Waals surface area contributed by atoms with Crippen LogP contribution >= 0.6 is 15.9 Å². The van der Waals surface area contributed by atoms with Crippen LogP contribution in [0, 0.1) is 5.92 Å². The molecule has 2 aliphatic rings. The van der Waals surface area contributed by atoms with E-state index >= 15 is 0 Å². The molecule has 0 aromatic heterocycles. The first-order chi connectivity index (χ1) is 11.8. The van der Waals surface area contributed by atoms with E-state index < -0.39 is 17.5 Å². The van der Waals surface area contributed by atoms with Crippen molar-refractivity contribution in [1.82, 2.24) is 15.1 Å². The first kappa shape index (κ1) is 17.9. The summed E-state index contributed by atoms with van der Waals surface area (Å²) in [5.41, 5.74) is -0.498. The van der Waals surface area contributed by atoms with Crippen LogP contribution in [0.5, 0.6) is 0 Å². The number of carbonyl (C=O) groups excluding carboxylic acids is 3. The molecule has 2 heterocycles. The first-order valence-electron chi connectivity index (χ1n) is 8.50. The number of piperidine rings is 1. The molecule has 2 fully saturated rings. The quantitative estimate of drug-likeness (QED) is 0.782. The van der Waals surface area contributed by atoms with Crippen molar-refractivity contribution in [3.8, 4) is 0 Å². The van der Waals surface area contributed by atoms with E-state index in [0.29, 0.717) is 24.6 Å². The van der Waals surface area contributed by atoms with Gasteiger partial charge < -0.3 is 10.2 Å². The molecule has 6 nitrogen and oxygen atoms in total. The second-order valence-electron chi connectivity index (χ2n) is 7.01. The highest BCUT2D eigenvalue weighted by atomic mass is 79.9. The summed E-state index contributed by atoms with van der Waals surface area (Å²) in [5, 5.41) is 2.74. The van der Waals surface area contributed by atoms with Crippen LogP contribution in [-0.2, 0) is 15.1 Å². The average Bonchev–Trinajstić information content (AvgIpc) is 2.79. The Morgan fingerprint density at radius 3 is 2.76 bits per heavy atom. The number of nitrogens with one attached hydrogen (secondary N) is 1. The van der Waals surface area contributed by atoms with E-state index in [2.05, 4.69) is 28.2 Å². The van der Waals surface area contributed by atoms with Gasteiger partial charge in [0.25, 0.3) is 5.91 Å². The molecular formula is C18H22BrN3O3. The molecule has 3 rings (SSSR count). The fourth-order valence-electron chi connectivity index (χ4n) is 3.54. The van der Waals surface area contributed by atoms with Crippen molar-refractivity contribution in [2.24, 2.45) is 5.92 Å². The van der Waals surface area contributed by atoms with E-state index in [9.17, 15) is 14.4 Å². The van der Waals surface area contributed by atoms with Gasteiger partial charge in [0, 0.05) is 23.1 Å². The summed E-state index contributed by atoms with van der Waals surface area (Å²) in [5.74, 6) is -0.124. The van der Waals surface area contributed by atoms with Gasteiger partial charge in [0.1, 0.15) is 12.1 Å². The van der Waals surface area contributed by atoms with Gasteiger partial charge in [0.15, 0.2) is 0 Å². The fourth-order valence-corrected chi connectivity index (χ4v) is 4.22. The van der Waals surface area contributed by atoms with Crippen LogP contribution in [0.2, 0.25) is 0 Å². The summed E-state index contributed by atoms with van der Waals surface area (Å²) in [7, 11) is 0. The van der Waals surface area contributed by atoms with Crippen molar-refractivity contribution in [2.75, 3.05) is 19.6 Å². The maximum Gasteiger partial charge on any atom is 0.325 e. The molecule has 0 bridgehead atoms. The van der Waals surface area contributed by atoms with Crippen LogP contribution in [-0.4, -0.2) is 47.3 Å². The van der Waals surface area contributed by atoms with Crippen LogP contribution in [0.4, 0.5) is 4.79 Å². The van der Waals surface area contributed by atoms with Gasteiger partial charge in [-0.1, -0.05) is 41.1 Å². The number of benzene rings is 1. The Kier molecular flexibility index (Phi) is 4.86. The van der Waals surface area contributed by atoms with Crippen LogP contribution in [0.3, 0.4) is 0 Å². The topological polar surface area (TPSA) is 69.7 Å². The minimum atomic E-state index is -1.17. The molecule has 2 atom stereocenters. The van der Waals surface area contributed by atoms with Crippen LogP contribution in [0.25, 0.3) is 0 Å². The minimum Gasteiger partial charge on any atom is -0.341 e. The molecule has 2 unspecified atom stereocenters. The molecule has 1 aromatic rings. The predicted octanol–water partition coefficient (Wildman–Crippen LogP) is 2.47. The number of imide groups is 1. The van der Waals surface area contributed by atoms with Gasteiger partial charge in [-0.15, -0.1) is 0 Å². The van der Waals surface area contributed by atoms with E-state index in [0.717, 1.165) is 22.2 Å². The highest BCUT2D eigenvalue weighted by Crippen LogP contribution is 2.33. The second-order valence-corrected chi connectivity index (χ2v) is 7.87. The van der Waals surface area contributed by atoms with Gasteiger partial charge in [-0.2, -0.15) is 0 Å². The van der Waals surface area contributed by atoms with Gasteiger partial charge >= 0.3 is 6.03 Å². The molecule has 0 aliphatic carbocycles. The zero-order chi connectivity index (χ0) is 18.2. The van der Waals surface area contributed by atoms with Crippen LogP contribution in [0.1, 0.15) is 32.3 Å². The SMILES string of the molecule is CC1CCCN(C(=O)CN2C(=O)NC(C)(c3ccccc3Br)C2=O)C1. The Morgan fingerprint density at radius 2 is 2.08 bits per heavy atom. The number of hydrogen-bond donors (Lipinski definition) is 1. The maximum atomic E-state index is 12.9. The van der Waals surface area contributed by atoms with Gasteiger partial charge in [0.2, 0.25) is 5.91 Å². The zero-order valence-corrected chi connectivity index (χ0v) is 16.0. The average molecular weight is 408 g/mol. The molecule has 25 heavy (non-hydrogen) atoms. The predicted molar refractivity (Wildman–Crippen MR) is 96.7 cm³/mol. The highest BCUT2D eigenvalue weighted by molar-refractivity contribution is 9.10. The standard InChI is InChI=1S/C18H22BrN3O3/c1-12-6-5-9-21(10-12)15(23)11-22-16(24)18(2,20-17(22)25)13-7-3-4-8-14(13)19/h3-4,7-8,12H,5-6,9-11H2,1-2H3,(H,20,25). The normalized spacial score (nSPS) is 26.8. The molecule has 134 valence electrons. The summed E-state index contributed by atoms with van der Waals surface area (Å²) < 4.78 is 0.740. The fraction of sp³-hybridized carbons (Fsp3) is 0.500. The summed E-state index contributed by atoms with van der Waals surface area (Å²) >= 11 is 3.43. The number of amides is 4. The molecule has 1 aromatic carbocycles. The minimum absolute atomic E-state index is 0.175. The van der Waals surface area contributed by atoms with Crippen molar-refractivity contribution in [1.29, 1.82) is 0 Å². The van der Waals surface area contributed by atoms with E-state index in [-0.39, 0.29) is 12.5 Å². The van der Waals surface area contributed by atoms with Crippen molar-refractivity contribution in [3.63, 3.8) is 0 Å². The lowest BCUT2D eigenvalue weighted by molar-refractivity contribution is -0.139. The van der Waals surface area contributed by atoms with E-state index in [4.69, 9.17) is 0 Å². The lowest BCUT2D eigenvalue weighted by atomic mass is 9.92. The van der Waals surface area contributed by atoms with E-state index in [1.165, 1.54) is 0 Å². The number of hydrogen-bond acceptors (Lipinski definition) is 3. The lowest BCUT2D eigenvalue weighted by Crippen LogP contribution is -2.47. The Morgan fingerprint density at radius 1 is 1.36 bits per heavy atom. The Bertz CT molecular complexity index is 723. The molecule has 0 spiro atoms. The summed E-state index contributed by atoms with van der Waals surface area (Å²) in [4.78, 5) is 40.6. The number of urea groups is 1. The zero-order valence-electron chi connectivity index (χ0n) is 14.4. The lowest BCUT2D eigenvalue weighted by Gasteiger charge is -2.32. The van der Waals surface area contributed by atoms with Gasteiger partial charge in [0.05, 0.1) is 0 Å². The molecule has 0 radical (unpaired) electrons.